The molecule has 5 heteroatoms. The van der Waals surface area contributed by atoms with Gasteiger partial charge in [-0.2, -0.15) is 0 Å². The first kappa shape index (κ1) is 19.7. The molecule has 1 N–H and O–H groups in total. The lowest BCUT2D eigenvalue weighted by molar-refractivity contribution is -0.137. The van der Waals surface area contributed by atoms with E-state index in [0.29, 0.717) is 5.91 Å². The minimum Gasteiger partial charge on any atom is -0.395 e. The number of rotatable bonds is 4. The number of hydrogen-bond donors (Lipinski definition) is 1. The molecule has 2 aromatic rings. The van der Waals surface area contributed by atoms with Crippen molar-refractivity contribution in [3.8, 4) is 11.1 Å². The molecule has 1 amide bonds. The lowest BCUT2D eigenvalue weighted by Gasteiger charge is -2.57. The Morgan fingerprint density at radius 1 is 1.03 bits per heavy atom. The molecular weight excluding hydrogens is 379 g/mol. The predicted molar refractivity (Wildman–Crippen MR) is 114 cm³/mol. The summed E-state index contributed by atoms with van der Waals surface area (Å²) in [6.07, 6.45) is 4.17. The maximum absolute atomic E-state index is 13.6. The van der Waals surface area contributed by atoms with Crippen LogP contribution in [-0.2, 0) is 4.79 Å². The summed E-state index contributed by atoms with van der Waals surface area (Å²) in [6, 6.07) is 15.3. The van der Waals surface area contributed by atoms with Crippen molar-refractivity contribution in [1.82, 2.24) is 9.80 Å². The van der Waals surface area contributed by atoms with Crippen LogP contribution in [0.3, 0.4) is 0 Å². The summed E-state index contributed by atoms with van der Waals surface area (Å²) in [7, 11) is 0. The molecule has 0 spiro atoms. The number of fused-ring (bicyclic) bond motifs is 1. The van der Waals surface area contributed by atoms with Crippen molar-refractivity contribution in [3.63, 3.8) is 0 Å². The van der Waals surface area contributed by atoms with Crippen molar-refractivity contribution in [1.29, 1.82) is 0 Å². The number of carbonyl (C=O) groups excluding carboxylic acids is 1. The van der Waals surface area contributed by atoms with Crippen LogP contribution in [0, 0.1) is 11.7 Å². The van der Waals surface area contributed by atoms with Crippen molar-refractivity contribution in [2.24, 2.45) is 5.92 Å². The van der Waals surface area contributed by atoms with E-state index in [2.05, 4.69) is 21.9 Å². The molecule has 2 aliphatic heterocycles. The number of hydrogen-bond acceptors (Lipinski definition) is 3. The topological polar surface area (TPSA) is 43.8 Å². The van der Waals surface area contributed by atoms with Crippen LogP contribution in [-0.4, -0.2) is 59.1 Å². The second-order valence-corrected chi connectivity index (χ2v) is 8.98. The second-order valence-electron chi connectivity index (χ2n) is 8.98. The number of aliphatic hydroxyl groups is 1. The number of carbonyl (C=O) groups is 1. The maximum Gasteiger partial charge on any atom is 0.225 e. The summed E-state index contributed by atoms with van der Waals surface area (Å²) >= 11 is 0. The van der Waals surface area contributed by atoms with Crippen LogP contribution in [0.4, 0.5) is 4.39 Å². The first-order valence-corrected chi connectivity index (χ1v) is 11.2. The van der Waals surface area contributed by atoms with Crippen molar-refractivity contribution in [2.75, 3.05) is 26.2 Å². The Labute approximate surface area is 177 Å². The van der Waals surface area contributed by atoms with E-state index in [-0.39, 0.29) is 36.3 Å². The van der Waals surface area contributed by atoms with E-state index in [1.54, 1.807) is 12.1 Å². The van der Waals surface area contributed by atoms with Crippen molar-refractivity contribution in [3.05, 3.63) is 59.9 Å². The van der Waals surface area contributed by atoms with Crippen LogP contribution in [0.1, 0.15) is 37.2 Å². The molecule has 2 aromatic carbocycles. The normalized spacial score (nSPS) is 27.0. The fourth-order valence-electron chi connectivity index (χ4n) is 5.29. The molecule has 4 nitrogen and oxygen atoms in total. The summed E-state index contributed by atoms with van der Waals surface area (Å²) in [5, 5.41) is 10.1. The molecule has 1 saturated carbocycles. The molecule has 0 bridgehead atoms. The molecule has 3 aliphatic rings. The number of amides is 1. The van der Waals surface area contributed by atoms with Crippen LogP contribution in [0.15, 0.2) is 48.5 Å². The van der Waals surface area contributed by atoms with E-state index < -0.39 is 0 Å². The van der Waals surface area contributed by atoms with Gasteiger partial charge < -0.3 is 10.0 Å². The Kier molecular flexibility index (Phi) is 5.34. The van der Waals surface area contributed by atoms with Gasteiger partial charge in [-0.25, -0.2) is 4.39 Å². The molecule has 30 heavy (non-hydrogen) atoms. The van der Waals surface area contributed by atoms with Gasteiger partial charge in [-0.15, -0.1) is 0 Å². The van der Waals surface area contributed by atoms with Crippen LogP contribution >= 0.6 is 0 Å². The summed E-state index contributed by atoms with van der Waals surface area (Å²) in [5.41, 5.74) is 3.04. The minimum atomic E-state index is -0.235. The van der Waals surface area contributed by atoms with Gasteiger partial charge in [-0.1, -0.05) is 36.4 Å². The molecule has 3 fully saturated rings. The SMILES string of the molecule is O=C(C1CC1)N1CCCCN2[C@H](CO)[C@@H](c3ccc(-c4cccc(F)c4)cc3)[C@@H]2C1. The second kappa shape index (κ2) is 8.12. The smallest absolute Gasteiger partial charge is 0.225 e. The highest BCUT2D eigenvalue weighted by atomic mass is 19.1. The van der Waals surface area contributed by atoms with E-state index >= 15 is 0 Å². The third-order valence-electron chi connectivity index (χ3n) is 7.06. The van der Waals surface area contributed by atoms with E-state index in [1.165, 1.54) is 11.6 Å². The average Bonchev–Trinajstić information content (AvgIpc) is 3.58. The maximum atomic E-state index is 13.6. The molecule has 2 saturated heterocycles. The van der Waals surface area contributed by atoms with Gasteiger partial charge in [0.05, 0.1) is 6.61 Å². The predicted octanol–water partition coefficient (Wildman–Crippen LogP) is 3.65. The zero-order valence-electron chi connectivity index (χ0n) is 17.2. The molecule has 0 unspecified atom stereocenters. The molecule has 2 heterocycles. The number of aliphatic hydroxyl groups excluding tert-OH is 1. The number of nitrogens with zero attached hydrogens (tertiary/aromatic N) is 2. The summed E-state index contributed by atoms with van der Waals surface area (Å²) in [5.74, 6) is 0.547. The van der Waals surface area contributed by atoms with Gasteiger partial charge in [0.15, 0.2) is 0 Å². The minimum absolute atomic E-state index is 0.103. The molecule has 1 aliphatic carbocycles. The van der Waals surface area contributed by atoms with Crippen LogP contribution in [0.25, 0.3) is 11.1 Å². The Bertz CT molecular complexity index is 912. The van der Waals surface area contributed by atoms with E-state index in [9.17, 15) is 14.3 Å². The average molecular weight is 409 g/mol. The molecule has 158 valence electrons. The highest BCUT2D eigenvalue weighted by Crippen LogP contribution is 2.43. The van der Waals surface area contributed by atoms with Gasteiger partial charge in [0, 0.05) is 37.0 Å². The third-order valence-corrected chi connectivity index (χ3v) is 7.06. The van der Waals surface area contributed by atoms with Crippen molar-refractivity contribution >= 4 is 5.91 Å². The van der Waals surface area contributed by atoms with Crippen LogP contribution in [0.2, 0.25) is 0 Å². The van der Waals surface area contributed by atoms with Gasteiger partial charge in [-0.05, 0) is 61.1 Å². The Balaban J connectivity index is 1.38. The summed E-state index contributed by atoms with van der Waals surface area (Å²) in [4.78, 5) is 17.2. The van der Waals surface area contributed by atoms with Gasteiger partial charge in [-0.3, -0.25) is 9.69 Å². The quantitative estimate of drug-likeness (QED) is 0.840. The monoisotopic (exact) mass is 408 g/mol. The molecule has 3 atom stereocenters. The standard InChI is InChI=1S/C25H29FN2O2/c26-21-5-3-4-20(14-21)17-6-8-18(9-7-17)24-22-15-27(25(30)19-10-11-19)12-1-2-13-28(22)23(24)16-29/h3-9,14,19,22-24,29H,1-2,10-13,15-16H2/t22-,23+,24-/m0/s1. The Hall–Kier alpha value is -2.24. The Morgan fingerprint density at radius 2 is 1.80 bits per heavy atom. The highest BCUT2D eigenvalue weighted by molar-refractivity contribution is 5.81. The first-order chi connectivity index (χ1) is 14.7. The summed E-state index contributed by atoms with van der Waals surface area (Å²) < 4.78 is 13.6. The van der Waals surface area contributed by atoms with Crippen molar-refractivity contribution < 1.29 is 14.3 Å². The molecule has 0 radical (unpaired) electrons. The van der Waals surface area contributed by atoms with E-state index in [4.69, 9.17) is 0 Å². The van der Waals surface area contributed by atoms with Gasteiger partial charge in [0.25, 0.3) is 0 Å². The first-order valence-electron chi connectivity index (χ1n) is 11.2. The Morgan fingerprint density at radius 3 is 2.50 bits per heavy atom. The number of halogens is 1. The van der Waals surface area contributed by atoms with E-state index in [0.717, 1.165) is 56.4 Å². The zero-order valence-corrected chi connectivity index (χ0v) is 17.2. The van der Waals surface area contributed by atoms with Gasteiger partial charge in [0.2, 0.25) is 5.91 Å². The van der Waals surface area contributed by atoms with E-state index in [1.807, 2.05) is 18.2 Å². The molecule has 0 aromatic heterocycles. The fourth-order valence-corrected chi connectivity index (χ4v) is 5.29. The lowest BCUT2D eigenvalue weighted by atomic mass is 9.74. The van der Waals surface area contributed by atoms with Crippen molar-refractivity contribution in [2.45, 2.75) is 43.7 Å². The van der Waals surface area contributed by atoms with Gasteiger partial charge >= 0.3 is 0 Å². The van der Waals surface area contributed by atoms with Crippen LogP contribution < -0.4 is 0 Å². The third kappa shape index (κ3) is 3.65. The summed E-state index contributed by atoms with van der Waals surface area (Å²) in [6.45, 7) is 2.72. The van der Waals surface area contributed by atoms with Crippen LogP contribution in [0.5, 0.6) is 0 Å². The molecular formula is C25H29FN2O2. The highest BCUT2D eigenvalue weighted by Gasteiger charge is 2.50. The lowest BCUT2D eigenvalue weighted by Crippen LogP contribution is -2.68. The molecule has 5 rings (SSSR count). The fraction of sp³-hybridized carbons (Fsp3) is 0.480. The zero-order chi connectivity index (χ0) is 20.7. The largest absolute Gasteiger partial charge is 0.395 e. The van der Waals surface area contributed by atoms with Gasteiger partial charge in [0.1, 0.15) is 5.82 Å². The number of benzene rings is 2.